The molecule has 0 radical (unpaired) electrons. The van der Waals surface area contributed by atoms with Crippen LogP contribution in [0.25, 0.3) is 0 Å². The zero-order valence-electron chi connectivity index (χ0n) is 9.27. The largest absolute Gasteiger partial charge is 0.302 e. The maximum absolute atomic E-state index is 13.0. The Morgan fingerprint density at radius 1 is 1.00 bits per heavy atom. The molecule has 80 valence electrons. The Balaban J connectivity index is 4.20. The van der Waals surface area contributed by atoms with Gasteiger partial charge in [-0.25, -0.2) is 4.90 Å². The fraction of sp³-hybridized carbons (Fsp3) is 1.00. The Bertz CT molecular complexity index is 128. The van der Waals surface area contributed by atoms with Crippen molar-refractivity contribution in [2.45, 2.75) is 40.7 Å². The molecule has 0 spiro atoms. The van der Waals surface area contributed by atoms with Gasteiger partial charge in [0.15, 0.2) is 0 Å². The van der Waals surface area contributed by atoms with E-state index in [1.54, 1.807) is 0 Å². The average Bonchev–Trinajstić information content (AvgIpc) is 1.81. The fourth-order valence-electron chi connectivity index (χ4n) is 1.28. The molecular formula is C10H21F2N. The van der Waals surface area contributed by atoms with Crippen LogP contribution >= 0.6 is 0 Å². The smallest absolute Gasteiger partial charge is 0.244 e. The summed E-state index contributed by atoms with van der Waals surface area (Å²) in [5.41, 5.74) is 0. The molecule has 0 bridgehead atoms. The average molecular weight is 193 g/mol. The topological polar surface area (TPSA) is 3.24 Å². The molecule has 0 aromatic heterocycles. The van der Waals surface area contributed by atoms with Crippen LogP contribution in [0.4, 0.5) is 8.78 Å². The summed E-state index contributed by atoms with van der Waals surface area (Å²) in [5.74, 6) is 0.564. The van der Waals surface area contributed by atoms with Crippen LogP contribution in [-0.2, 0) is 0 Å². The Morgan fingerprint density at radius 2 is 1.31 bits per heavy atom. The maximum Gasteiger partial charge on any atom is 0.302 e. The van der Waals surface area contributed by atoms with Crippen LogP contribution in [-0.4, -0.2) is 24.0 Å². The molecule has 0 aliphatic rings. The molecular weight excluding hydrogens is 172 g/mol. The van der Waals surface area contributed by atoms with Gasteiger partial charge in [0, 0.05) is 20.0 Å². The number of nitrogens with zero attached hydrogens (tertiary/aromatic N) is 1. The SMILES string of the molecule is CC(C)CN(CC(C)C)C(C)(F)F. The van der Waals surface area contributed by atoms with Crippen LogP contribution in [0, 0.1) is 11.8 Å². The minimum Gasteiger partial charge on any atom is -0.244 e. The first kappa shape index (κ1) is 12.8. The minimum atomic E-state index is -2.69. The van der Waals surface area contributed by atoms with E-state index in [9.17, 15) is 8.78 Å². The highest BCUT2D eigenvalue weighted by Gasteiger charge is 2.31. The number of rotatable bonds is 5. The van der Waals surface area contributed by atoms with Gasteiger partial charge in [-0.15, -0.1) is 0 Å². The highest BCUT2D eigenvalue weighted by Crippen LogP contribution is 2.21. The molecule has 0 aromatic carbocycles. The van der Waals surface area contributed by atoms with Crippen molar-refractivity contribution in [3.8, 4) is 0 Å². The van der Waals surface area contributed by atoms with E-state index in [4.69, 9.17) is 0 Å². The molecule has 3 heteroatoms. The Hall–Kier alpha value is -0.180. The van der Waals surface area contributed by atoms with E-state index < -0.39 is 6.05 Å². The standard InChI is InChI=1S/C10H21F2N/c1-8(2)6-13(7-9(3)4)10(5,11)12/h8-9H,6-7H2,1-5H3. The first-order valence-corrected chi connectivity index (χ1v) is 4.86. The van der Waals surface area contributed by atoms with E-state index in [1.807, 2.05) is 27.7 Å². The highest BCUT2D eigenvalue weighted by atomic mass is 19.3. The molecule has 0 aliphatic carbocycles. The summed E-state index contributed by atoms with van der Waals surface area (Å²) in [6, 6.07) is -2.69. The predicted octanol–water partition coefficient (Wildman–Crippen LogP) is 3.21. The van der Waals surface area contributed by atoms with E-state index in [-0.39, 0.29) is 11.8 Å². The van der Waals surface area contributed by atoms with Crippen LogP contribution in [0.2, 0.25) is 0 Å². The Labute approximate surface area is 80.1 Å². The lowest BCUT2D eigenvalue weighted by Crippen LogP contribution is -2.43. The fourth-order valence-corrected chi connectivity index (χ4v) is 1.28. The molecule has 0 saturated heterocycles. The zero-order chi connectivity index (χ0) is 10.6. The second-order valence-corrected chi connectivity index (χ2v) is 4.53. The van der Waals surface area contributed by atoms with Crippen molar-refractivity contribution in [2.24, 2.45) is 11.8 Å². The van der Waals surface area contributed by atoms with E-state index in [0.717, 1.165) is 6.92 Å². The molecule has 0 fully saturated rings. The summed E-state index contributed by atoms with van der Waals surface area (Å²) in [6.07, 6.45) is 0. The molecule has 0 rings (SSSR count). The van der Waals surface area contributed by atoms with Gasteiger partial charge < -0.3 is 0 Å². The molecule has 0 aliphatic heterocycles. The van der Waals surface area contributed by atoms with Crippen molar-refractivity contribution in [3.05, 3.63) is 0 Å². The lowest BCUT2D eigenvalue weighted by Gasteiger charge is -2.31. The van der Waals surface area contributed by atoms with E-state index in [2.05, 4.69) is 0 Å². The van der Waals surface area contributed by atoms with Crippen molar-refractivity contribution in [3.63, 3.8) is 0 Å². The molecule has 0 heterocycles. The van der Waals surface area contributed by atoms with Gasteiger partial charge in [0.1, 0.15) is 0 Å². The van der Waals surface area contributed by atoms with Crippen molar-refractivity contribution in [1.29, 1.82) is 0 Å². The molecule has 0 saturated carbocycles. The third-order valence-corrected chi connectivity index (χ3v) is 1.73. The second-order valence-electron chi connectivity index (χ2n) is 4.53. The summed E-state index contributed by atoms with van der Waals surface area (Å²) in [6.45, 7) is 9.72. The zero-order valence-corrected chi connectivity index (χ0v) is 9.27. The van der Waals surface area contributed by atoms with Crippen molar-refractivity contribution in [1.82, 2.24) is 4.90 Å². The van der Waals surface area contributed by atoms with Crippen LogP contribution in [0.1, 0.15) is 34.6 Å². The number of hydrogen-bond donors (Lipinski definition) is 0. The molecule has 1 nitrogen and oxygen atoms in total. The van der Waals surface area contributed by atoms with Crippen LogP contribution in [0.3, 0.4) is 0 Å². The predicted molar refractivity (Wildman–Crippen MR) is 51.9 cm³/mol. The molecule has 0 atom stereocenters. The normalized spacial score (nSPS) is 13.4. The Morgan fingerprint density at radius 3 is 1.46 bits per heavy atom. The van der Waals surface area contributed by atoms with E-state index in [1.165, 1.54) is 4.90 Å². The summed E-state index contributed by atoms with van der Waals surface area (Å²) in [7, 11) is 0. The lowest BCUT2D eigenvalue weighted by molar-refractivity contribution is -0.138. The summed E-state index contributed by atoms with van der Waals surface area (Å²) >= 11 is 0. The third kappa shape index (κ3) is 5.97. The summed E-state index contributed by atoms with van der Waals surface area (Å²) < 4.78 is 26.1. The molecule has 0 amide bonds. The molecule has 13 heavy (non-hydrogen) atoms. The molecule has 0 N–H and O–H groups in total. The van der Waals surface area contributed by atoms with Crippen LogP contribution in [0.5, 0.6) is 0 Å². The van der Waals surface area contributed by atoms with E-state index in [0.29, 0.717) is 13.1 Å². The van der Waals surface area contributed by atoms with Gasteiger partial charge in [-0.2, -0.15) is 8.78 Å². The molecule has 0 unspecified atom stereocenters. The number of halogens is 2. The number of alkyl halides is 2. The maximum atomic E-state index is 13.0. The van der Waals surface area contributed by atoms with Gasteiger partial charge >= 0.3 is 6.05 Å². The van der Waals surface area contributed by atoms with Crippen LogP contribution < -0.4 is 0 Å². The number of hydrogen-bond acceptors (Lipinski definition) is 1. The highest BCUT2D eigenvalue weighted by molar-refractivity contribution is 4.68. The minimum absolute atomic E-state index is 0.282. The van der Waals surface area contributed by atoms with Crippen LogP contribution in [0.15, 0.2) is 0 Å². The van der Waals surface area contributed by atoms with Crippen molar-refractivity contribution >= 4 is 0 Å². The summed E-state index contributed by atoms with van der Waals surface area (Å²) in [5, 5.41) is 0. The first-order valence-electron chi connectivity index (χ1n) is 4.86. The van der Waals surface area contributed by atoms with Gasteiger partial charge in [0.25, 0.3) is 0 Å². The van der Waals surface area contributed by atoms with Gasteiger partial charge in [-0.1, -0.05) is 27.7 Å². The first-order chi connectivity index (χ1) is 5.73. The van der Waals surface area contributed by atoms with Crippen molar-refractivity contribution < 1.29 is 8.78 Å². The lowest BCUT2D eigenvalue weighted by atomic mass is 10.1. The quantitative estimate of drug-likeness (QED) is 0.606. The monoisotopic (exact) mass is 193 g/mol. The third-order valence-electron chi connectivity index (χ3n) is 1.73. The molecule has 0 aromatic rings. The van der Waals surface area contributed by atoms with E-state index >= 15 is 0 Å². The van der Waals surface area contributed by atoms with Gasteiger partial charge in [-0.05, 0) is 11.8 Å². The van der Waals surface area contributed by atoms with Gasteiger partial charge in [0.05, 0.1) is 0 Å². The van der Waals surface area contributed by atoms with Gasteiger partial charge in [0.2, 0.25) is 0 Å². The van der Waals surface area contributed by atoms with Crippen molar-refractivity contribution in [2.75, 3.05) is 13.1 Å². The second kappa shape index (κ2) is 4.89. The summed E-state index contributed by atoms with van der Waals surface area (Å²) in [4.78, 5) is 1.25. The Kier molecular flexibility index (Phi) is 4.82. The van der Waals surface area contributed by atoms with Gasteiger partial charge in [-0.3, -0.25) is 0 Å².